The minimum absolute atomic E-state index is 0.0810. The molecule has 0 aliphatic heterocycles. The van der Waals surface area contributed by atoms with E-state index in [4.69, 9.17) is 9.47 Å². The quantitative estimate of drug-likeness (QED) is 0.0339. The van der Waals surface area contributed by atoms with Crippen LogP contribution in [0.2, 0.25) is 0 Å². The van der Waals surface area contributed by atoms with Gasteiger partial charge < -0.3 is 9.47 Å². The summed E-state index contributed by atoms with van der Waals surface area (Å²) in [5.41, 5.74) is 5.17. The minimum atomic E-state index is -0.294. The third-order valence-corrected chi connectivity index (χ3v) is 12.1. The molecule has 318 valence electrons. The van der Waals surface area contributed by atoms with Crippen LogP contribution < -0.4 is 4.74 Å². The van der Waals surface area contributed by atoms with Crippen LogP contribution in [0.1, 0.15) is 241 Å². The number of ether oxygens (including phenoxy) is 2. The largest absolute Gasteiger partial charge is 0.423 e. The number of hydrogen-bond acceptors (Lipinski definition) is 3. The SMILES string of the molecule is CCCCCCCCCCCCCCCCCCOC(C)c1ccc(-c2ccc(C(=O)Oc3ccccc3C(CCC)CCCCCCCCCCC)cc2)cc1. The molecule has 2 unspecified atom stereocenters. The van der Waals surface area contributed by atoms with Crippen molar-refractivity contribution in [2.45, 2.75) is 219 Å². The lowest BCUT2D eigenvalue weighted by atomic mass is 9.88. The van der Waals surface area contributed by atoms with Gasteiger partial charge in [-0.2, -0.15) is 0 Å². The van der Waals surface area contributed by atoms with Gasteiger partial charge in [-0.25, -0.2) is 4.79 Å². The fourth-order valence-corrected chi connectivity index (χ4v) is 8.33. The van der Waals surface area contributed by atoms with Crippen molar-refractivity contribution in [1.82, 2.24) is 0 Å². The summed E-state index contributed by atoms with van der Waals surface area (Å²) in [6.45, 7) is 9.80. The number of unbranched alkanes of at least 4 members (excludes halogenated alkanes) is 23. The Bertz CT molecular complexity index is 1390. The lowest BCUT2D eigenvalue weighted by molar-refractivity contribution is 0.0627. The second-order valence-electron chi connectivity index (χ2n) is 17.0. The van der Waals surface area contributed by atoms with Crippen LogP contribution in [-0.2, 0) is 4.74 Å². The van der Waals surface area contributed by atoms with E-state index in [-0.39, 0.29) is 12.1 Å². The molecule has 2 atom stereocenters. The molecule has 0 aliphatic rings. The van der Waals surface area contributed by atoms with Crippen molar-refractivity contribution in [2.75, 3.05) is 6.61 Å². The Morgan fingerprint density at radius 2 is 0.912 bits per heavy atom. The Labute approximate surface area is 351 Å². The zero-order chi connectivity index (χ0) is 40.6. The minimum Gasteiger partial charge on any atom is -0.423 e. The van der Waals surface area contributed by atoms with E-state index in [1.165, 1.54) is 165 Å². The van der Waals surface area contributed by atoms with Gasteiger partial charge in [-0.05, 0) is 72.6 Å². The van der Waals surface area contributed by atoms with Crippen molar-refractivity contribution in [2.24, 2.45) is 0 Å². The van der Waals surface area contributed by atoms with E-state index in [0.717, 1.165) is 43.4 Å². The van der Waals surface area contributed by atoms with Crippen LogP contribution in [0.5, 0.6) is 5.75 Å². The predicted octanol–water partition coefficient (Wildman–Crippen LogP) is 17.7. The molecule has 0 heterocycles. The van der Waals surface area contributed by atoms with Crippen molar-refractivity contribution in [3.63, 3.8) is 0 Å². The molecule has 0 aromatic heterocycles. The zero-order valence-corrected chi connectivity index (χ0v) is 37.3. The molecule has 3 rings (SSSR count). The van der Waals surface area contributed by atoms with Gasteiger partial charge in [0.2, 0.25) is 0 Å². The van der Waals surface area contributed by atoms with Crippen LogP contribution in [0.3, 0.4) is 0 Å². The highest BCUT2D eigenvalue weighted by Gasteiger charge is 2.18. The molecular weight excluding hydrogens is 697 g/mol. The summed E-state index contributed by atoms with van der Waals surface area (Å²) in [5.74, 6) is 0.835. The van der Waals surface area contributed by atoms with E-state index in [0.29, 0.717) is 17.2 Å². The fraction of sp³-hybridized carbons (Fsp3) is 0.648. The van der Waals surface area contributed by atoms with Gasteiger partial charge in [0.15, 0.2) is 0 Å². The average Bonchev–Trinajstić information content (AvgIpc) is 3.24. The molecule has 3 heteroatoms. The van der Waals surface area contributed by atoms with E-state index < -0.39 is 0 Å². The van der Waals surface area contributed by atoms with Crippen LogP contribution in [0.25, 0.3) is 11.1 Å². The average molecular weight is 781 g/mol. The van der Waals surface area contributed by atoms with Crippen LogP contribution in [0, 0.1) is 0 Å². The Balaban J connectivity index is 1.33. The molecule has 0 saturated carbocycles. The first-order chi connectivity index (χ1) is 28.1. The molecule has 3 aromatic carbocycles. The van der Waals surface area contributed by atoms with Crippen molar-refractivity contribution >= 4 is 5.97 Å². The summed E-state index contributed by atoms with van der Waals surface area (Å²) in [6.07, 6.45) is 37.7. The highest BCUT2D eigenvalue weighted by Crippen LogP contribution is 2.35. The summed E-state index contributed by atoms with van der Waals surface area (Å²) < 4.78 is 12.3. The van der Waals surface area contributed by atoms with Crippen molar-refractivity contribution < 1.29 is 14.3 Å². The maximum atomic E-state index is 13.4. The molecule has 0 saturated heterocycles. The molecule has 57 heavy (non-hydrogen) atoms. The van der Waals surface area contributed by atoms with E-state index in [1.54, 1.807) is 0 Å². The van der Waals surface area contributed by atoms with E-state index in [2.05, 4.69) is 64.1 Å². The van der Waals surface area contributed by atoms with Gasteiger partial charge >= 0.3 is 5.97 Å². The number of esters is 1. The van der Waals surface area contributed by atoms with Crippen molar-refractivity contribution in [1.29, 1.82) is 0 Å². The van der Waals surface area contributed by atoms with Crippen molar-refractivity contribution in [3.05, 3.63) is 89.5 Å². The van der Waals surface area contributed by atoms with E-state index in [9.17, 15) is 4.79 Å². The Kier molecular flexibility index (Phi) is 27.2. The molecule has 0 fully saturated rings. The maximum Gasteiger partial charge on any atom is 0.343 e. The molecule has 0 amide bonds. The van der Waals surface area contributed by atoms with Gasteiger partial charge in [0.25, 0.3) is 0 Å². The lowest BCUT2D eigenvalue weighted by Gasteiger charge is -2.20. The highest BCUT2D eigenvalue weighted by atomic mass is 16.5. The number of carbonyl (C=O) groups excluding carboxylic acids is 1. The summed E-state index contributed by atoms with van der Waals surface area (Å²) in [5, 5.41) is 0. The Morgan fingerprint density at radius 1 is 0.474 bits per heavy atom. The third kappa shape index (κ3) is 21.1. The standard InChI is InChI=1S/C54H84O3/c1-5-8-10-12-14-16-17-18-19-20-21-22-24-26-28-32-45-56-46(4)47-37-39-48(40-38-47)49-41-43-51(44-42-49)54(55)57-53-36-31-30-35-52(53)50(33-7-3)34-29-27-25-23-15-13-11-9-6-2/h30-31,35-44,46,50H,5-29,32-34,45H2,1-4H3. The number of carbonyl (C=O) groups is 1. The Hall–Kier alpha value is -2.91. The summed E-state index contributed by atoms with van der Waals surface area (Å²) >= 11 is 0. The van der Waals surface area contributed by atoms with Gasteiger partial charge in [-0.15, -0.1) is 0 Å². The molecule has 3 nitrogen and oxygen atoms in total. The molecule has 0 N–H and O–H groups in total. The summed E-state index contributed by atoms with van der Waals surface area (Å²) in [4.78, 5) is 13.4. The summed E-state index contributed by atoms with van der Waals surface area (Å²) in [6, 6.07) is 24.7. The summed E-state index contributed by atoms with van der Waals surface area (Å²) in [7, 11) is 0. The van der Waals surface area contributed by atoms with Crippen LogP contribution in [0.15, 0.2) is 72.8 Å². The molecule has 0 aliphatic carbocycles. The molecular formula is C54H84O3. The number of para-hydroxylation sites is 1. The predicted molar refractivity (Wildman–Crippen MR) is 247 cm³/mol. The number of benzene rings is 3. The second-order valence-corrected chi connectivity index (χ2v) is 17.0. The molecule has 0 bridgehead atoms. The third-order valence-electron chi connectivity index (χ3n) is 12.1. The monoisotopic (exact) mass is 781 g/mol. The van der Waals surface area contributed by atoms with Gasteiger partial charge in [0, 0.05) is 6.61 Å². The first-order valence-corrected chi connectivity index (χ1v) is 24.2. The lowest BCUT2D eigenvalue weighted by Crippen LogP contribution is -2.11. The van der Waals surface area contributed by atoms with Crippen LogP contribution >= 0.6 is 0 Å². The van der Waals surface area contributed by atoms with Gasteiger partial charge in [0.1, 0.15) is 5.75 Å². The molecule has 0 radical (unpaired) electrons. The smallest absolute Gasteiger partial charge is 0.343 e. The first-order valence-electron chi connectivity index (χ1n) is 24.2. The van der Waals surface area contributed by atoms with Gasteiger partial charge in [-0.1, -0.05) is 236 Å². The highest BCUT2D eigenvalue weighted by molar-refractivity contribution is 5.91. The normalized spacial score (nSPS) is 12.5. The van der Waals surface area contributed by atoms with E-state index in [1.807, 2.05) is 36.4 Å². The molecule has 3 aromatic rings. The fourth-order valence-electron chi connectivity index (χ4n) is 8.33. The van der Waals surface area contributed by atoms with E-state index >= 15 is 0 Å². The first kappa shape index (κ1) is 48.5. The zero-order valence-electron chi connectivity index (χ0n) is 37.3. The Morgan fingerprint density at radius 3 is 1.40 bits per heavy atom. The van der Waals surface area contributed by atoms with Crippen LogP contribution in [0.4, 0.5) is 0 Å². The molecule has 0 spiro atoms. The van der Waals surface area contributed by atoms with Crippen LogP contribution in [-0.4, -0.2) is 12.6 Å². The maximum absolute atomic E-state index is 13.4. The second kappa shape index (κ2) is 32.0. The number of hydrogen-bond donors (Lipinski definition) is 0. The van der Waals surface area contributed by atoms with Gasteiger partial charge in [-0.3, -0.25) is 0 Å². The number of rotatable bonds is 35. The topological polar surface area (TPSA) is 35.5 Å². The van der Waals surface area contributed by atoms with Crippen molar-refractivity contribution in [3.8, 4) is 16.9 Å². The van der Waals surface area contributed by atoms with Gasteiger partial charge in [0.05, 0.1) is 11.7 Å².